The molecule has 0 aliphatic heterocycles. The third kappa shape index (κ3) is 4.71. The molecule has 6 heteroatoms. The van der Waals surface area contributed by atoms with Crippen LogP contribution in [-0.2, 0) is 11.3 Å². The first-order chi connectivity index (χ1) is 13.1. The molecule has 0 spiro atoms. The molecule has 2 aromatic carbocycles. The molecule has 2 N–H and O–H groups in total. The zero-order chi connectivity index (χ0) is 19.2. The number of benzene rings is 2. The van der Waals surface area contributed by atoms with Crippen molar-refractivity contribution in [1.82, 2.24) is 9.88 Å². The van der Waals surface area contributed by atoms with Crippen LogP contribution in [0.3, 0.4) is 0 Å². The van der Waals surface area contributed by atoms with Crippen LogP contribution in [0.15, 0.2) is 60.8 Å². The molecular weight excluding hydrogens is 360 g/mol. The number of thioether (sulfide) groups is 1. The topological polar surface area (TPSA) is 71.3 Å². The monoisotopic (exact) mass is 382 g/mol. The minimum absolute atomic E-state index is 0.363. The predicted octanol–water partition coefficient (Wildman–Crippen LogP) is 3.63. The first kappa shape index (κ1) is 19.0. The highest BCUT2D eigenvalue weighted by molar-refractivity contribution is 7.98. The minimum Gasteiger partial charge on any atom is -0.480 e. The lowest BCUT2D eigenvalue weighted by Crippen LogP contribution is -2.41. The molecule has 0 unspecified atom stereocenters. The fraction of sp³-hybridized carbons (Fsp3) is 0.238. The van der Waals surface area contributed by atoms with Gasteiger partial charge < -0.3 is 15.0 Å². The fourth-order valence-corrected chi connectivity index (χ4v) is 3.45. The zero-order valence-electron chi connectivity index (χ0n) is 15.1. The molecule has 3 rings (SSSR count). The maximum absolute atomic E-state index is 12.6. The summed E-state index contributed by atoms with van der Waals surface area (Å²) in [7, 11) is 0. The number of hydrogen-bond donors (Lipinski definition) is 2. The van der Waals surface area contributed by atoms with Crippen molar-refractivity contribution in [3.63, 3.8) is 0 Å². The number of fused-ring (bicyclic) bond motifs is 1. The summed E-state index contributed by atoms with van der Waals surface area (Å²) in [6.07, 6.45) is 4.31. The van der Waals surface area contributed by atoms with E-state index in [9.17, 15) is 14.7 Å². The van der Waals surface area contributed by atoms with E-state index in [-0.39, 0.29) is 5.91 Å². The molecule has 3 aromatic rings. The summed E-state index contributed by atoms with van der Waals surface area (Å²) in [6.45, 7) is 0.709. The molecule has 1 atom stereocenters. The van der Waals surface area contributed by atoms with Crippen molar-refractivity contribution in [3.05, 3.63) is 71.9 Å². The van der Waals surface area contributed by atoms with Gasteiger partial charge in [-0.15, -0.1) is 0 Å². The highest BCUT2D eigenvalue weighted by atomic mass is 32.2. The average molecular weight is 382 g/mol. The van der Waals surface area contributed by atoms with Crippen LogP contribution in [-0.4, -0.2) is 39.6 Å². The highest BCUT2D eigenvalue weighted by Gasteiger charge is 2.20. The molecule has 1 aromatic heterocycles. The van der Waals surface area contributed by atoms with Gasteiger partial charge in [-0.05, 0) is 47.6 Å². The lowest BCUT2D eigenvalue weighted by molar-refractivity contribution is -0.139. The fourth-order valence-electron chi connectivity index (χ4n) is 2.98. The smallest absolute Gasteiger partial charge is 0.326 e. The SMILES string of the molecule is CSCC[C@@H](NC(=O)c1ccc2ccn(Cc3ccccc3)c2c1)C(=O)O. The quantitative estimate of drug-likeness (QED) is 0.624. The van der Waals surface area contributed by atoms with Crippen LogP contribution in [0.4, 0.5) is 0 Å². The van der Waals surface area contributed by atoms with E-state index in [2.05, 4.69) is 22.0 Å². The van der Waals surface area contributed by atoms with E-state index in [1.165, 1.54) is 5.56 Å². The van der Waals surface area contributed by atoms with Crippen LogP contribution in [0.25, 0.3) is 10.9 Å². The molecule has 1 heterocycles. The number of rotatable bonds is 8. The van der Waals surface area contributed by atoms with Gasteiger partial charge in [-0.3, -0.25) is 4.79 Å². The zero-order valence-corrected chi connectivity index (χ0v) is 15.9. The highest BCUT2D eigenvalue weighted by Crippen LogP contribution is 2.19. The van der Waals surface area contributed by atoms with Crippen molar-refractivity contribution in [2.24, 2.45) is 0 Å². The van der Waals surface area contributed by atoms with Gasteiger partial charge >= 0.3 is 5.97 Å². The number of amides is 1. The number of aromatic nitrogens is 1. The van der Waals surface area contributed by atoms with E-state index in [1.54, 1.807) is 17.8 Å². The lowest BCUT2D eigenvalue weighted by atomic mass is 10.1. The first-order valence-electron chi connectivity index (χ1n) is 8.74. The normalized spacial score (nSPS) is 12.0. The number of nitrogens with one attached hydrogen (secondary N) is 1. The van der Waals surface area contributed by atoms with Crippen LogP contribution >= 0.6 is 11.8 Å². The summed E-state index contributed by atoms with van der Waals surface area (Å²) in [5.41, 5.74) is 2.58. The van der Waals surface area contributed by atoms with Crippen LogP contribution in [0, 0.1) is 0 Å². The van der Waals surface area contributed by atoms with E-state index in [4.69, 9.17) is 0 Å². The lowest BCUT2D eigenvalue weighted by Gasteiger charge is -2.14. The van der Waals surface area contributed by atoms with Crippen molar-refractivity contribution in [3.8, 4) is 0 Å². The Bertz CT molecular complexity index is 937. The molecule has 0 radical (unpaired) electrons. The van der Waals surface area contributed by atoms with Gasteiger partial charge in [0.2, 0.25) is 0 Å². The molecule has 5 nitrogen and oxygen atoms in total. The van der Waals surface area contributed by atoms with Gasteiger partial charge in [0.1, 0.15) is 6.04 Å². The minimum atomic E-state index is -1.01. The maximum Gasteiger partial charge on any atom is 0.326 e. The van der Waals surface area contributed by atoms with E-state index < -0.39 is 12.0 Å². The second-order valence-electron chi connectivity index (χ2n) is 6.35. The molecule has 27 heavy (non-hydrogen) atoms. The van der Waals surface area contributed by atoms with E-state index in [0.717, 1.165) is 10.9 Å². The summed E-state index contributed by atoms with van der Waals surface area (Å²) in [4.78, 5) is 23.9. The predicted molar refractivity (Wildman–Crippen MR) is 109 cm³/mol. The number of carboxylic acids is 1. The molecule has 0 saturated carbocycles. The number of hydrogen-bond acceptors (Lipinski definition) is 3. The van der Waals surface area contributed by atoms with Gasteiger partial charge in [0.25, 0.3) is 5.91 Å². The summed E-state index contributed by atoms with van der Waals surface area (Å²) >= 11 is 1.56. The number of nitrogens with zero attached hydrogens (tertiary/aromatic N) is 1. The Balaban J connectivity index is 1.81. The summed E-state index contributed by atoms with van der Waals surface area (Å²) in [6, 6.07) is 16.7. The van der Waals surface area contributed by atoms with Crippen molar-refractivity contribution in [1.29, 1.82) is 0 Å². The van der Waals surface area contributed by atoms with Crippen LogP contribution in [0.2, 0.25) is 0 Å². The van der Waals surface area contributed by atoms with Gasteiger partial charge in [-0.1, -0.05) is 36.4 Å². The Morgan fingerprint density at radius 2 is 1.93 bits per heavy atom. The largest absolute Gasteiger partial charge is 0.480 e. The van der Waals surface area contributed by atoms with Gasteiger partial charge in [-0.2, -0.15) is 11.8 Å². The average Bonchev–Trinajstić information content (AvgIpc) is 3.07. The Kier molecular flexibility index (Phi) is 6.19. The molecule has 0 bridgehead atoms. The maximum atomic E-state index is 12.6. The van der Waals surface area contributed by atoms with Crippen LogP contribution < -0.4 is 5.32 Å². The number of aliphatic carboxylic acids is 1. The van der Waals surface area contributed by atoms with E-state index in [0.29, 0.717) is 24.3 Å². The molecule has 0 fully saturated rings. The number of carbonyl (C=O) groups excluding carboxylic acids is 1. The van der Waals surface area contributed by atoms with Gasteiger partial charge in [0, 0.05) is 23.8 Å². The number of carbonyl (C=O) groups is 2. The third-order valence-corrected chi connectivity index (χ3v) is 5.09. The molecule has 1 amide bonds. The standard InChI is InChI=1S/C21H22N2O3S/c1-27-12-10-18(21(25)26)22-20(24)17-8-7-16-9-11-23(19(16)13-17)14-15-5-3-2-4-6-15/h2-9,11,13,18H,10,12,14H2,1H3,(H,22,24)(H,25,26)/t18-/m1/s1. The van der Waals surface area contributed by atoms with E-state index in [1.807, 2.05) is 48.9 Å². The van der Waals surface area contributed by atoms with Crippen molar-refractivity contribution in [2.75, 3.05) is 12.0 Å². The Morgan fingerprint density at radius 3 is 2.63 bits per heavy atom. The second-order valence-corrected chi connectivity index (χ2v) is 7.33. The molecule has 140 valence electrons. The third-order valence-electron chi connectivity index (χ3n) is 4.45. The first-order valence-corrected chi connectivity index (χ1v) is 10.1. The van der Waals surface area contributed by atoms with Crippen molar-refractivity contribution in [2.45, 2.75) is 19.0 Å². The van der Waals surface area contributed by atoms with Gasteiger partial charge in [-0.25, -0.2) is 4.79 Å². The molecule has 0 aliphatic carbocycles. The van der Waals surface area contributed by atoms with Crippen LogP contribution in [0.1, 0.15) is 22.3 Å². The number of carboxylic acid groups (broad SMARTS) is 1. The van der Waals surface area contributed by atoms with Crippen molar-refractivity contribution < 1.29 is 14.7 Å². The summed E-state index contributed by atoms with van der Waals surface area (Å²) in [5, 5.41) is 13.0. The van der Waals surface area contributed by atoms with Crippen molar-refractivity contribution >= 4 is 34.5 Å². The Labute approximate surface area is 162 Å². The Morgan fingerprint density at radius 1 is 1.15 bits per heavy atom. The van der Waals surface area contributed by atoms with Crippen LogP contribution in [0.5, 0.6) is 0 Å². The summed E-state index contributed by atoms with van der Waals surface area (Å²) in [5.74, 6) is -0.695. The molecule has 0 aliphatic rings. The molecular formula is C21H22N2O3S. The second kappa shape index (κ2) is 8.77. The Hall–Kier alpha value is -2.73. The summed E-state index contributed by atoms with van der Waals surface area (Å²) < 4.78 is 2.09. The molecule has 0 saturated heterocycles. The van der Waals surface area contributed by atoms with Gasteiger partial charge in [0.05, 0.1) is 0 Å². The van der Waals surface area contributed by atoms with Gasteiger partial charge in [0.15, 0.2) is 0 Å². The van der Waals surface area contributed by atoms with E-state index >= 15 is 0 Å².